The van der Waals surface area contributed by atoms with E-state index in [4.69, 9.17) is 5.73 Å². The van der Waals surface area contributed by atoms with Gasteiger partial charge in [0, 0.05) is 52.1 Å². The summed E-state index contributed by atoms with van der Waals surface area (Å²) in [6.45, 7) is 14.1. The van der Waals surface area contributed by atoms with E-state index in [1.54, 1.807) is 0 Å². The van der Waals surface area contributed by atoms with E-state index >= 15 is 0 Å². The molecule has 2 rings (SSSR count). The first-order valence-corrected chi connectivity index (χ1v) is 18.6. The van der Waals surface area contributed by atoms with E-state index in [1.165, 1.54) is 70.6 Å². The van der Waals surface area contributed by atoms with Gasteiger partial charge in [0.1, 0.15) is 0 Å². The van der Waals surface area contributed by atoms with Crippen LogP contribution in [0.2, 0.25) is 0 Å². The molecule has 3 N–H and O–H groups in total. The Labute approximate surface area is 270 Å². The highest BCUT2D eigenvalue weighted by atomic mass is 16.2. The molecule has 0 aromatic rings. The number of amides is 3. The van der Waals surface area contributed by atoms with Crippen LogP contribution in [0.25, 0.3) is 0 Å². The first-order chi connectivity index (χ1) is 21.3. The fourth-order valence-electron chi connectivity index (χ4n) is 7.16. The summed E-state index contributed by atoms with van der Waals surface area (Å²) >= 11 is 0. The molecule has 2 saturated heterocycles. The Morgan fingerprint density at radius 1 is 0.705 bits per heavy atom. The molecule has 3 amide bonds. The third kappa shape index (κ3) is 15.6. The summed E-state index contributed by atoms with van der Waals surface area (Å²) in [5.74, 6) is 0.955. The molecule has 8 nitrogen and oxygen atoms in total. The van der Waals surface area contributed by atoms with Crippen LogP contribution in [0.4, 0.5) is 0 Å². The van der Waals surface area contributed by atoms with Gasteiger partial charge in [-0.2, -0.15) is 0 Å². The lowest BCUT2D eigenvalue weighted by Gasteiger charge is -2.35. The third-order valence-corrected chi connectivity index (χ3v) is 10.2. The van der Waals surface area contributed by atoms with Crippen LogP contribution in [0.3, 0.4) is 0 Å². The Balaban J connectivity index is 1.43. The molecule has 2 fully saturated rings. The van der Waals surface area contributed by atoms with Crippen LogP contribution in [0.15, 0.2) is 0 Å². The van der Waals surface area contributed by atoms with Crippen LogP contribution < -0.4 is 11.1 Å². The van der Waals surface area contributed by atoms with E-state index in [0.29, 0.717) is 30.1 Å². The number of nitrogens with one attached hydrogen (secondary N) is 1. The van der Waals surface area contributed by atoms with Gasteiger partial charge in [0.25, 0.3) is 0 Å². The van der Waals surface area contributed by atoms with Crippen molar-refractivity contribution in [2.24, 2.45) is 17.1 Å². The summed E-state index contributed by atoms with van der Waals surface area (Å²) in [6, 6.07) is 0. The average molecular weight is 620 g/mol. The number of nitrogens with zero attached hydrogens (tertiary/aromatic N) is 3. The largest absolute Gasteiger partial charge is 0.347 e. The van der Waals surface area contributed by atoms with Crippen molar-refractivity contribution in [1.82, 2.24) is 20.0 Å². The van der Waals surface area contributed by atoms with Gasteiger partial charge in [0.15, 0.2) is 0 Å². The number of piperazine rings is 1. The molecule has 44 heavy (non-hydrogen) atoms. The number of carbonyl (C=O) groups excluding carboxylic acids is 3. The zero-order valence-electron chi connectivity index (χ0n) is 29.0. The second-order valence-corrected chi connectivity index (χ2v) is 14.1. The second kappa shape index (κ2) is 22.8. The molecule has 2 aliphatic rings. The maximum atomic E-state index is 12.8. The molecule has 0 saturated carbocycles. The number of carbonyl (C=O) groups is 3. The number of hydrogen-bond donors (Lipinski definition) is 2. The van der Waals surface area contributed by atoms with Gasteiger partial charge in [-0.1, -0.05) is 85.0 Å². The quantitative estimate of drug-likeness (QED) is 0.127. The van der Waals surface area contributed by atoms with Crippen LogP contribution in [0, 0.1) is 11.3 Å². The second-order valence-electron chi connectivity index (χ2n) is 14.1. The van der Waals surface area contributed by atoms with Crippen molar-refractivity contribution in [3.63, 3.8) is 0 Å². The molecule has 0 aliphatic carbocycles. The molecule has 256 valence electrons. The predicted molar refractivity (Wildman–Crippen MR) is 182 cm³/mol. The average Bonchev–Trinajstić information content (AvgIpc) is 3.47. The summed E-state index contributed by atoms with van der Waals surface area (Å²) in [5.41, 5.74) is 6.58. The van der Waals surface area contributed by atoms with Crippen molar-refractivity contribution in [1.29, 1.82) is 0 Å². The molecule has 2 atom stereocenters. The highest BCUT2D eigenvalue weighted by molar-refractivity contribution is 5.84. The minimum Gasteiger partial charge on any atom is -0.347 e. The Morgan fingerprint density at radius 2 is 1.34 bits per heavy atom. The fourth-order valence-corrected chi connectivity index (χ4v) is 7.16. The lowest BCUT2D eigenvalue weighted by atomic mass is 9.74. The van der Waals surface area contributed by atoms with Crippen molar-refractivity contribution in [3.05, 3.63) is 0 Å². The zero-order chi connectivity index (χ0) is 32.0. The SMILES string of the molecule is CCCCCC(CN)(CCC)CCCCCC(=O)N1CCN(CCCCCCCCC(=O)NCC(=O)N2CCC(C)C2)CC1. The molecule has 0 aromatic heterocycles. The summed E-state index contributed by atoms with van der Waals surface area (Å²) in [4.78, 5) is 43.5. The first kappa shape index (κ1) is 38.5. The van der Waals surface area contributed by atoms with Gasteiger partial charge in [-0.05, 0) is 69.4 Å². The maximum absolute atomic E-state index is 12.8. The van der Waals surface area contributed by atoms with Crippen molar-refractivity contribution in [3.8, 4) is 0 Å². The monoisotopic (exact) mass is 620 g/mol. The Hall–Kier alpha value is -1.67. The van der Waals surface area contributed by atoms with Gasteiger partial charge in [-0.15, -0.1) is 0 Å². The molecular formula is C36H69N5O3. The summed E-state index contributed by atoms with van der Waals surface area (Å²) in [7, 11) is 0. The van der Waals surface area contributed by atoms with Gasteiger partial charge < -0.3 is 20.9 Å². The molecule has 2 heterocycles. The Morgan fingerprint density at radius 3 is 1.98 bits per heavy atom. The van der Waals surface area contributed by atoms with Gasteiger partial charge in [-0.25, -0.2) is 0 Å². The van der Waals surface area contributed by atoms with Gasteiger partial charge in [-0.3, -0.25) is 19.3 Å². The van der Waals surface area contributed by atoms with E-state index in [2.05, 4.69) is 35.9 Å². The zero-order valence-corrected chi connectivity index (χ0v) is 29.0. The topological polar surface area (TPSA) is 99.0 Å². The summed E-state index contributed by atoms with van der Waals surface area (Å²) in [5, 5.41) is 2.80. The molecule has 0 bridgehead atoms. The lowest BCUT2D eigenvalue weighted by molar-refractivity contribution is -0.133. The van der Waals surface area contributed by atoms with Gasteiger partial charge >= 0.3 is 0 Å². The number of rotatable bonds is 24. The fraction of sp³-hybridized carbons (Fsp3) is 0.917. The van der Waals surface area contributed by atoms with Crippen molar-refractivity contribution in [2.75, 3.05) is 58.9 Å². The summed E-state index contributed by atoms with van der Waals surface area (Å²) < 4.78 is 0. The first-order valence-electron chi connectivity index (χ1n) is 18.6. The van der Waals surface area contributed by atoms with Crippen LogP contribution in [0.1, 0.15) is 143 Å². The van der Waals surface area contributed by atoms with Crippen LogP contribution in [-0.4, -0.2) is 91.3 Å². The number of likely N-dealkylation sites (tertiary alicyclic amines) is 1. The lowest BCUT2D eigenvalue weighted by Crippen LogP contribution is -2.48. The minimum atomic E-state index is -0.00244. The highest BCUT2D eigenvalue weighted by Crippen LogP contribution is 2.35. The third-order valence-electron chi connectivity index (χ3n) is 10.2. The van der Waals surface area contributed by atoms with E-state index in [-0.39, 0.29) is 18.4 Å². The van der Waals surface area contributed by atoms with Crippen LogP contribution in [0.5, 0.6) is 0 Å². The highest BCUT2D eigenvalue weighted by Gasteiger charge is 2.27. The van der Waals surface area contributed by atoms with E-state index in [1.807, 2.05) is 4.90 Å². The van der Waals surface area contributed by atoms with Crippen LogP contribution >= 0.6 is 0 Å². The van der Waals surface area contributed by atoms with E-state index < -0.39 is 0 Å². The maximum Gasteiger partial charge on any atom is 0.241 e. The number of unbranched alkanes of at least 4 members (excludes halogenated alkanes) is 9. The molecular weight excluding hydrogens is 550 g/mol. The smallest absolute Gasteiger partial charge is 0.241 e. The van der Waals surface area contributed by atoms with E-state index in [0.717, 1.165) is 90.9 Å². The Bertz CT molecular complexity index is 801. The standard InChI is InChI=1S/C36H69N5O3/c1-4-6-14-21-36(31-37,20-5-2)22-15-11-13-18-34(43)40-27-25-39(26-28-40)23-16-10-8-7-9-12-17-33(42)38-29-35(44)41-24-19-32(3)30-41/h32H,4-31,37H2,1-3H3,(H,38,42). The minimum absolute atomic E-state index is 0.00244. The molecule has 0 spiro atoms. The Kier molecular flexibility index (Phi) is 19.9. The molecule has 0 aromatic carbocycles. The normalized spacial score (nSPS) is 18.9. The van der Waals surface area contributed by atoms with E-state index in [9.17, 15) is 14.4 Å². The predicted octanol–water partition coefficient (Wildman–Crippen LogP) is 6.12. The molecule has 8 heteroatoms. The molecule has 2 unspecified atom stereocenters. The van der Waals surface area contributed by atoms with Crippen molar-refractivity contribution < 1.29 is 14.4 Å². The van der Waals surface area contributed by atoms with Crippen LogP contribution in [-0.2, 0) is 14.4 Å². The summed E-state index contributed by atoms with van der Waals surface area (Å²) in [6.07, 6.45) is 21.1. The van der Waals surface area contributed by atoms with Crippen molar-refractivity contribution in [2.45, 2.75) is 143 Å². The number of nitrogens with two attached hydrogens (primary N) is 1. The molecule has 2 aliphatic heterocycles. The van der Waals surface area contributed by atoms with Crippen molar-refractivity contribution >= 4 is 17.7 Å². The van der Waals surface area contributed by atoms with Gasteiger partial charge in [0.2, 0.25) is 17.7 Å². The molecule has 0 radical (unpaired) electrons. The van der Waals surface area contributed by atoms with Gasteiger partial charge in [0.05, 0.1) is 6.54 Å². The number of hydrogen-bond acceptors (Lipinski definition) is 5.